The third-order valence-corrected chi connectivity index (χ3v) is 2.67. The molecule has 0 heterocycles. The standard InChI is InChI=1S/C7H9FNO2PS/c1-11-5-2-3-7(6(8)4-5)13-9-12-10/h2-4,9-10,12H,1H3. The fraction of sp³-hybridized carbons (Fsp3) is 0.143. The van der Waals surface area contributed by atoms with Gasteiger partial charge in [-0.2, -0.15) is 0 Å². The lowest BCUT2D eigenvalue weighted by Crippen LogP contribution is -1.90. The van der Waals surface area contributed by atoms with Crippen LogP contribution in [0, 0.1) is 5.82 Å². The molecule has 1 aromatic carbocycles. The molecule has 13 heavy (non-hydrogen) atoms. The molecular weight excluding hydrogens is 212 g/mol. The quantitative estimate of drug-likeness (QED) is 0.602. The minimum atomic E-state index is -0.408. The summed E-state index contributed by atoms with van der Waals surface area (Å²) in [5.74, 6) is 0.114. The van der Waals surface area contributed by atoms with Crippen molar-refractivity contribution in [3.63, 3.8) is 0 Å². The van der Waals surface area contributed by atoms with Crippen molar-refractivity contribution in [3.8, 4) is 5.75 Å². The van der Waals surface area contributed by atoms with Gasteiger partial charge in [0, 0.05) is 6.07 Å². The minimum Gasteiger partial charge on any atom is -0.497 e. The second kappa shape index (κ2) is 5.40. The first-order valence-corrected chi connectivity index (χ1v) is 5.18. The Balaban J connectivity index is 2.73. The smallest absolute Gasteiger partial charge is 0.141 e. The maximum Gasteiger partial charge on any atom is 0.141 e. The first-order chi connectivity index (χ1) is 6.27. The Morgan fingerprint density at radius 2 is 2.38 bits per heavy atom. The fourth-order valence-electron chi connectivity index (χ4n) is 0.769. The van der Waals surface area contributed by atoms with Gasteiger partial charge < -0.3 is 9.63 Å². The Morgan fingerprint density at radius 3 is 2.92 bits per heavy atom. The number of ether oxygens (including phenoxy) is 1. The third kappa shape index (κ3) is 3.12. The molecule has 0 aliphatic heterocycles. The molecule has 0 bridgehead atoms. The topological polar surface area (TPSA) is 41.5 Å². The molecule has 6 heteroatoms. The zero-order valence-corrected chi connectivity index (χ0v) is 8.69. The van der Waals surface area contributed by atoms with E-state index in [0.29, 0.717) is 10.6 Å². The highest BCUT2D eigenvalue weighted by Crippen LogP contribution is 2.24. The van der Waals surface area contributed by atoms with E-state index in [9.17, 15) is 4.39 Å². The molecule has 0 saturated heterocycles. The molecule has 1 aromatic rings. The van der Waals surface area contributed by atoms with Crippen molar-refractivity contribution in [3.05, 3.63) is 24.0 Å². The second-order valence-corrected chi connectivity index (χ2v) is 3.80. The monoisotopic (exact) mass is 221 g/mol. The molecule has 72 valence electrons. The maximum absolute atomic E-state index is 13.1. The van der Waals surface area contributed by atoms with Gasteiger partial charge in [-0.15, -0.1) is 0 Å². The Labute approximate surface area is 81.7 Å². The average Bonchev–Trinajstić information content (AvgIpc) is 2.16. The van der Waals surface area contributed by atoms with Crippen LogP contribution in [0.4, 0.5) is 4.39 Å². The van der Waals surface area contributed by atoms with Gasteiger partial charge in [0.25, 0.3) is 0 Å². The van der Waals surface area contributed by atoms with Crippen molar-refractivity contribution in [2.45, 2.75) is 4.90 Å². The van der Waals surface area contributed by atoms with E-state index < -0.39 is 8.96 Å². The molecule has 3 nitrogen and oxygen atoms in total. The fourth-order valence-corrected chi connectivity index (χ4v) is 1.68. The number of rotatable bonds is 4. The summed E-state index contributed by atoms with van der Waals surface area (Å²) in [6.45, 7) is 0. The SMILES string of the molecule is COc1ccc(SNPO)c(F)c1. The number of hydrogen-bond acceptors (Lipinski definition) is 4. The van der Waals surface area contributed by atoms with E-state index >= 15 is 0 Å². The lowest BCUT2D eigenvalue weighted by atomic mass is 10.3. The summed E-state index contributed by atoms with van der Waals surface area (Å²) < 4.78 is 20.5. The summed E-state index contributed by atoms with van der Waals surface area (Å²) in [6, 6.07) is 4.55. The number of halogens is 1. The molecule has 1 atom stereocenters. The molecule has 0 fully saturated rings. The Bertz CT molecular complexity index is 287. The van der Waals surface area contributed by atoms with Crippen LogP contribution < -0.4 is 9.23 Å². The van der Waals surface area contributed by atoms with E-state index in [2.05, 4.69) is 4.49 Å². The summed E-state index contributed by atoms with van der Waals surface area (Å²) in [5.41, 5.74) is 0. The summed E-state index contributed by atoms with van der Waals surface area (Å²) in [7, 11) is 1.07. The molecule has 0 spiro atoms. The number of nitrogens with one attached hydrogen (secondary N) is 1. The Morgan fingerprint density at radius 1 is 1.62 bits per heavy atom. The highest BCUT2D eigenvalue weighted by Gasteiger charge is 2.03. The van der Waals surface area contributed by atoms with Crippen LogP contribution in [0.1, 0.15) is 0 Å². The third-order valence-electron chi connectivity index (χ3n) is 1.35. The molecule has 0 saturated carbocycles. The summed E-state index contributed by atoms with van der Waals surface area (Å²) >= 11 is 1.05. The van der Waals surface area contributed by atoms with Gasteiger partial charge in [-0.05, 0) is 24.1 Å². The van der Waals surface area contributed by atoms with Crippen molar-refractivity contribution >= 4 is 20.9 Å². The molecule has 0 aliphatic rings. The largest absolute Gasteiger partial charge is 0.497 e. The summed E-state index contributed by atoms with van der Waals surface area (Å²) in [5, 5.41) is 0. The van der Waals surface area contributed by atoms with Crippen LogP contribution in [-0.4, -0.2) is 12.0 Å². The average molecular weight is 221 g/mol. The van der Waals surface area contributed by atoms with Gasteiger partial charge in [-0.3, -0.25) is 0 Å². The highest BCUT2D eigenvalue weighted by atomic mass is 32.2. The van der Waals surface area contributed by atoms with E-state index in [4.69, 9.17) is 9.63 Å². The van der Waals surface area contributed by atoms with Crippen molar-refractivity contribution < 1.29 is 14.0 Å². The normalized spacial score (nSPS) is 11.0. The van der Waals surface area contributed by atoms with Gasteiger partial charge in [0.15, 0.2) is 0 Å². The maximum atomic E-state index is 13.1. The zero-order valence-electron chi connectivity index (χ0n) is 6.87. The molecule has 0 radical (unpaired) electrons. The first kappa shape index (κ1) is 10.7. The van der Waals surface area contributed by atoms with Crippen LogP contribution >= 0.6 is 20.9 Å². The molecule has 2 N–H and O–H groups in total. The minimum absolute atomic E-state index is 0.366. The van der Waals surface area contributed by atoms with Crippen LogP contribution in [0.5, 0.6) is 5.75 Å². The predicted molar refractivity (Wildman–Crippen MR) is 52.5 cm³/mol. The Kier molecular flexibility index (Phi) is 4.45. The first-order valence-electron chi connectivity index (χ1n) is 3.42. The van der Waals surface area contributed by atoms with Crippen molar-refractivity contribution in [1.82, 2.24) is 4.49 Å². The summed E-state index contributed by atoms with van der Waals surface area (Å²) in [6.07, 6.45) is 0. The summed E-state index contributed by atoms with van der Waals surface area (Å²) in [4.78, 5) is 8.90. The van der Waals surface area contributed by atoms with Gasteiger partial charge in [0.05, 0.1) is 21.0 Å². The van der Waals surface area contributed by atoms with E-state index in [1.807, 2.05) is 0 Å². The molecule has 0 aromatic heterocycles. The lowest BCUT2D eigenvalue weighted by Gasteiger charge is -2.04. The highest BCUT2D eigenvalue weighted by molar-refractivity contribution is 8.00. The van der Waals surface area contributed by atoms with Crippen molar-refractivity contribution in [1.29, 1.82) is 0 Å². The van der Waals surface area contributed by atoms with E-state index in [1.165, 1.54) is 13.2 Å². The van der Waals surface area contributed by atoms with Crippen LogP contribution in [0.25, 0.3) is 0 Å². The molecule has 0 amide bonds. The number of hydrogen-bond donors (Lipinski definition) is 2. The van der Waals surface area contributed by atoms with E-state index in [0.717, 1.165) is 11.9 Å². The molecule has 1 unspecified atom stereocenters. The molecular formula is C7H9FNO2PS. The van der Waals surface area contributed by atoms with E-state index in [-0.39, 0.29) is 5.82 Å². The second-order valence-electron chi connectivity index (χ2n) is 2.11. The van der Waals surface area contributed by atoms with Crippen LogP contribution in [0.3, 0.4) is 0 Å². The lowest BCUT2D eigenvalue weighted by molar-refractivity contribution is 0.410. The van der Waals surface area contributed by atoms with Crippen LogP contribution in [0.2, 0.25) is 0 Å². The molecule has 1 rings (SSSR count). The predicted octanol–water partition coefficient (Wildman–Crippen LogP) is 1.93. The van der Waals surface area contributed by atoms with Crippen molar-refractivity contribution in [2.24, 2.45) is 0 Å². The molecule has 0 aliphatic carbocycles. The van der Waals surface area contributed by atoms with E-state index in [1.54, 1.807) is 12.1 Å². The number of benzene rings is 1. The van der Waals surface area contributed by atoms with Gasteiger partial charge in [-0.1, -0.05) is 0 Å². The van der Waals surface area contributed by atoms with Gasteiger partial charge in [0.2, 0.25) is 0 Å². The van der Waals surface area contributed by atoms with Crippen LogP contribution in [0.15, 0.2) is 23.1 Å². The van der Waals surface area contributed by atoms with Crippen LogP contribution in [-0.2, 0) is 0 Å². The number of methoxy groups -OCH3 is 1. The Hall–Kier alpha value is -0.350. The van der Waals surface area contributed by atoms with Gasteiger partial charge >= 0.3 is 0 Å². The van der Waals surface area contributed by atoms with Gasteiger partial charge in [0.1, 0.15) is 11.6 Å². The van der Waals surface area contributed by atoms with Gasteiger partial charge in [-0.25, -0.2) is 8.88 Å². The zero-order chi connectivity index (χ0) is 9.68. The van der Waals surface area contributed by atoms with Crippen molar-refractivity contribution in [2.75, 3.05) is 7.11 Å².